The standard InChI is InChI=1S/C19H19NO/c1-14(15-7-3-2-4-8-15)18(21)19(13-20)11-16-9-5-6-10-17(16)12-19/h2-10,14,18,21H,11-12H2,1H3. The Morgan fingerprint density at radius 1 is 1.00 bits per heavy atom. The number of hydrogen-bond acceptors (Lipinski definition) is 2. The smallest absolute Gasteiger partial charge is 0.0918 e. The van der Waals surface area contributed by atoms with Crippen LogP contribution in [0.15, 0.2) is 54.6 Å². The van der Waals surface area contributed by atoms with Crippen molar-refractivity contribution in [3.05, 3.63) is 71.3 Å². The number of nitriles is 1. The third-order valence-corrected chi connectivity index (χ3v) is 4.72. The molecule has 2 unspecified atom stereocenters. The fourth-order valence-corrected chi connectivity index (χ4v) is 3.42. The number of aliphatic hydroxyl groups excluding tert-OH is 1. The maximum atomic E-state index is 10.9. The highest BCUT2D eigenvalue weighted by Gasteiger charge is 2.45. The van der Waals surface area contributed by atoms with Crippen LogP contribution in [0.2, 0.25) is 0 Å². The summed E-state index contributed by atoms with van der Waals surface area (Å²) >= 11 is 0. The highest BCUT2D eigenvalue weighted by molar-refractivity contribution is 5.39. The first-order chi connectivity index (χ1) is 10.2. The molecule has 0 saturated heterocycles. The van der Waals surface area contributed by atoms with Gasteiger partial charge in [-0.15, -0.1) is 0 Å². The molecule has 1 N–H and O–H groups in total. The van der Waals surface area contributed by atoms with E-state index in [2.05, 4.69) is 18.2 Å². The van der Waals surface area contributed by atoms with Gasteiger partial charge < -0.3 is 5.11 Å². The Labute approximate surface area is 125 Å². The molecule has 0 spiro atoms. The van der Waals surface area contributed by atoms with E-state index in [0.29, 0.717) is 12.8 Å². The molecule has 2 aromatic carbocycles. The molecule has 21 heavy (non-hydrogen) atoms. The van der Waals surface area contributed by atoms with Crippen LogP contribution in [0.1, 0.15) is 29.5 Å². The molecule has 3 rings (SSSR count). The molecule has 2 heteroatoms. The van der Waals surface area contributed by atoms with E-state index in [0.717, 1.165) is 5.56 Å². The van der Waals surface area contributed by atoms with Crippen molar-refractivity contribution >= 4 is 0 Å². The predicted octanol–water partition coefficient (Wildman–Crippen LogP) is 3.46. The second kappa shape index (κ2) is 5.35. The molecule has 0 aliphatic heterocycles. The van der Waals surface area contributed by atoms with E-state index in [1.165, 1.54) is 11.1 Å². The van der Waals surface area contributed by atoms with Gasteiger partial charge in [0.05, 0.1) is 17.6 Å². The number of rotatable bonds is 3. The van der Waals surface area contributed by atoms with Crippen LogP contribution in [0, 0.1) is 16.7 Å². The van der Waals surface area contributed by atoms with E-state index >= 15 is 0 Å². The summed E-state index contributed by atoms with van der Waals surface area (Å²) < 4.78 is 0. The van der Waals surface area contributed by atoms with Gasteiger partial charge in [0.25, 0.3) is 0 Å². The van der Waals surface area contributed by atoms with Crippen LogP contribution in [0.25, 0.3) is 0 Å². The Hall–Kier alpha value is -2.11. The SMILES string of the molecule is CC(c1ccccc1)C(O)C1(C#N)Cc2ccccc2C1. The zero-order valence-electron chi connectivity index (χ0n) is 12.2. The zero-order chi connectivity index (χ0) is 14.9. The number of hydrogen-bond donors (Lipinski definition) is 1. The molecule has 0 saturated carbocycles. The van der Waals surface area contributed by atoms with Gasteiger partial charge in [-0.25, -0.2) is 0 Å². The number of aliphatic hydroxyl groups is 1. The van der Waals surface area contributed by atoms with Gasteiger partial charge in [0.2, 0.25) is 0 Å². The first-order valence-electron chi connectivity index (χ1n) is 7.37. The van der Waals surface area contributed by atoms with E-state index in [1.807, 2.05) is 49.4 Å². The van der Waals surface area contributed by atoms with Gasteiger partial charge in [-0.2, -0.15) is 5.26 Å². The molecule has 1 aliphatic rings. The summed E-state index contributed by atoms with van der Waals surface area (Å²) in [5, 5.41) is 20.6. The largest absolute Gasteiger partial charge is 0.391 e. The summed E-state index contributed by atoms with van der Waals surface area (Å²) in [6.45, 7) is 2.00. The van der Waals surface area contributed by atoms with Crippen molar-refractivity contribution in [1.29, 1.82) is 5.26 Å². The molecule has 0 heterocycles. The maximum Gasteiger partial charge on any atom is 0.0918 e. The van der Waals surface area contributed by atoms with Crippen molar-refractivity contribution in [3.8, 4) is 6.07 Å². The van der Waals surface area contributed by atoms with Gasteiger partial charge in [-0.05, 0) is 29.5 Å². The van der Waals surface area contributed by atoms with Gasteiger partial charge in [0, 0.05) is 5.92 Å². The lowest BCUT2D eigenvalue weighted by Crippen LogP contribution is -2.38. The molecule has 2 atom stereocenters. The summed E-state index contributed by atoms with van der Waals surface area (Å²) in [4.78, 5) is 0. The number of fused-ring (bicyclic) bond motifs is 1. The minimum absolute atomic E-state index is 0.0554. The normalized spacial score (nSPS) is 18.5. The number of nitrogens with zero attached hydrogens (tertiary/aromatic N) is 1. The summed E-state index contributed by atoms with van der Waals surface area (Å²) in [5.41, 5.74) is 2.76. The first kappa shape index (κ1) is 13.9. The zero-order valence-corrected chi connectivity index (χ0v) is 12.2. The highest BCUT2D eigenvalue weighted by atomic mass is 16.3. The summed E-state index contributed by atoms with van der Waals surface area (Å²) in [5.74, 6) is -0.0554. The lowest BCUT2D eigenvalue weighted by Gasteiger charge is -2.32. The van der Waals surface area contributed by atoms with Crippen molar-refractivity contribution in [2.75, 3.05) is 0 Å². The van der Waals surface area contributed by atoms with E-state index in [4.69, 9.17) is 0 Å². The van der Waals surface area contributed by atoms with Crippen LogP contribution < -0.4 is 0 Å². The highest BCUT2D eigenvalue weighted by Crippen LogP contribution is 2.43. The van der Waals surface area contributed by atoms with Gasteiger partial charge in [0.1, 0.15) is 0 Å². The molecule has 106 valence electrons. The van der Waals surface area contributed by atoms with Crippen LogP contribution in [0.5, 0.6) is 0 Å². The lowest BCUT2D eigenvalue weighted by molar-refractivity contribution is 0.0497. The lowest BCUT2D eigenvalue weighted by atomic mass is 9.74. The van der Waals surface area contributed by atoms with Crippen molar-refractivity contribution < 1.29 is 5.11 Å². The predicted molar refractivity (Wildman–Crippen MR) is 82.8 cm³/mol. The molecular weight excluding hydrogens is 258 g/mol. The Bertz CT molecular complexity index is 646. The summed E-state index contributed by atoms with van der Waals surface area (Å²) in [6.07, 6.45) is 0.605. The molecule has 0 fully saturated rings. The van der Waals surface area contributed by atoms with Crippen molar-refractivity contribution in [3.63, 3.8) is 0 Å². The Balaban J connectivity index is 1.90. The molecule has 1 aliphatic carbocycles. The van der Waals surface area contributed by atoms with Crippen LogP contribution >= 0.6 is 0 Å². The van der Waals surface area contributed by atoms with Crippen LogP contribution in [0.4, 0.5) is 0 Å². The minimum Gasteiger partial charge on any atom is -0.391 e. The fraction of sp³-hybridized carbons (Fsp3) is 0.316. The Kier molecular flexibility index (Phi) is 3.53. The third kappa shape index (κ3) is 2.34. The van der Waals surface area contributed by atoms with E-state index < -0.39 is 11.5 Å². The quantitative estimate of drug-likeness (QED) is 0.933. The molecule has 0 bridgehead atoms. The molecule has 0 aromatic heterocycles. The van der Waals surface area contributed by atoms with Crippen LogP contribution in [-0.2, 0) is 12.8 Å². The summed E-state index contributed by atoms with van der Waals surface area (Å²) in [7, 11) is 0. The van der Waals surface area contributed by atoms with Gasteiger partial charge in [-0.3, -0.25) is 0 Å². The molecule has 0 radical (unpaired) electrons. The average molecular weight is 277 g/mol. The Morgan fingerprint density at radius 2 is 1.52 bits per heavy atom. The monoisotopic (exact) mass is 277 g/mol. The third-order valence-electron chi connectivity index (χ3n) is 4.72. The van der Waals surface area contributed by atoms with Gasteiger partial charge >= 0.3 is 0 Å². The Morgan fingerprint density at radius 3 is 2.05 bits per heavy atom. The molecule has 2 aromatic rings. The van der Waals surface area contributed by atoms with Gasteiger partial charge in [-0.1, -0.05) is 61.5 Å². The topological polar surface area (TPSA) is 44.0 Å². The van der Waals surface area contributed by atoms with Crippen LogP contribution in [-0.4, -0.2) is 11.2 Å². The van der Waals surface area contributed by atoms with Gasteiger partial charge in [0.15, 0.2) is 0 Å². The van der Waals surface area contributed by atoms with E-state index in [9.17, 15) is 10.4 Å². The van der Waals surface area contributed by atoms with Crippen molar-refractivity contribution in [1.82, 2.24) is 0 Å². The molecular formula is C19H19NO. The van der Waals surface area contributed by atoms with Crippen molar-refractivity contribution in [2.45, 2.75) is 31.8 Å². The van der Waals surface area contributed by atoms with Crippen molar-refractivity contribution in [2.24, 2.45) is 5.41 Å². The fourth-order valence-electron chi connectivity index (χ4n) is 3.42. The first-order valence-corrected chi connectivity index (χ1v) is 7.37. The molecule has 0 amide bonds. The summed E-state index contributed by atoms with van der Waals surface area (Å²) in [6, 6.07) is 20.5. The van der Waals surface area contributed by atoms with E-state index in [-0.39, 0.29) is 5.92 Å². The van der Waals surface area contributed by atoms with Crippen LogP contribution in [0.3, 0.4) is 0 Å². The second-order valence-corrected chi connectivity index (χ2v) is 6.03. The second-order valence-electron chi connectivity index (χ2n) is 6.03. The minimum atomic E-state index is -0.709. The number of benzene rings is 2. The average Bonchev–Trinajstić information content (AvgIpc) is 2.94. The molecule has 2 nitrogen and oxygen atoms in total. The van der Waals surface area contributed by atoms with E-state index in [1.54, 1.807) is 0 Å². The maximum absolute atomic E-state index is 10.9.